The van der Waals surface area contributed by atoms with Crippen LogP contribution >= 0.6 is 0 Å². The average Bonchev–Trinajstić information content (AvgIpc) is 2.88. The fraction of sp³-hybridized carbons (Fsp3) is 0.524. The van der Waals surface area contributed by atoms with Crippen LogP contribution in [0.1, 0.15) is 44.6 Å². The Morgan fingerprint density at radius 2 is 1.88 bits per heavy atom. The zero-order valence-corrected chi connectivity index (χ0v) is 15.4. The second-order valence-electron chi connectivity index (χ2n) is 7.29. The van der Waals surface area contributed by atoms with Crippen molar-refractivity contribution in [3.8, 4) is 0 Å². The molecule has 0 radical (unpaired) electrons. The van der Waals surface area contributed by atoms with E-state index in [2.05, 4.69) is 12.2 Å². The minimum atomic E-state index is -0.613. The predicted octanol–water partition coefficient (Wildman–Crippen LogP) is 2.45. The molecule has 0 aliphatic carbocycles. The molecule has 2 saturated heterocycles. The summed E-state index contributed by atoms with van der Waals surface area (Å²) in [5.74, 6) is -0.174. The third kappa shape index (κ3) is 4.33. The Hall–Kier alpha value is -2.14. The number of amides is 2. The van der Waals surface area contributed by atoms with Gasteiger partial charge in [-0.3, -0.25) is 9.59 Å². The van der Waals surface area contributed by atoms with Gasteiger partial charge >= 0.3 is 0 Å². The normalized spacial score (nSPS) is 26.9. The Bertz CT molecular complexity index is 658. The molecule has 0 spiro atoms. The van der Waals surface area contributed by atoms with E-state index in [0.717, 1.165) is 31.2 Å². The molecule has 1 unspecified atom stereocenters. The van der Waals surface area contributed by atoms with Crippen LogP contribution < -0.4 is 0 Å². The molecule has 0 aromatic heterocycles. The molecule has 0 saturated carbocycles. The van der Waals surface area contributed by atoms with Gasteiger partial charge in [0.2, 0.25) is 11.8 Å². The second kappa shape index (κ2) is 8.49. The SMILES string of the molecule is CC(=O)N1C[C@@H](O)C[C@@H]1C(=O)N1CCCCCC1/C=C/c1ccccc1. The van der Waals surface area contributed by atoms with Crippen LogP contribution in [0.4, 0.5) is 0 Å². The topological polar surface area (TPSA) is 60.9 Å². The number of rotatable bonds is 3. The Balaban J connectivity index is 1.78. The van der Waals surface area contributed by atoms with Gasteiger partial charge < -0.3 is 14.9 Å². The van der Waals surface area contributed by atoms with Gasteiger partial charge in [0.1, 0.15) is 6.04 Å². The zero-order valence-electron chi connectivity index (χ0n) is 15.4. The highest BCUT2D eigenvalue weighted by Gasteiger charge is 2.40. The van der Waals surface area contributed by atoms with E-state index in [1.54, 1.807) is 0 Å². The van der Waals surface area contributed by atoms with E-state index in [1.165, 1.54) is 11.8 Å². The van der Waals surface area contributed by atoms with E-state index in [9.17, 15) is 14.7 Å². The van der Waals surface area contributed by atoms with Gasteiger partial charge in [0.15, 0.2) is 0 Å². The molecule has 26 heavy (non-hydrogen) atoms. The summed E-state index contributed by atoms with van der Waals surface area (Å²) in [4.78, 5) is 28.5. The van der Waals surface area contributed by atoms with Gasteiger partial charge in [0.25, 0.3) is 0 Å². The zero-order chi connectivity index (χ0) is 18.5. The summed E-state index contributed by atoms with van der Waals surface area (Å²) >= 11 is 0. The molecule has 1 aromatic carbocycles. The molecule has 2 aliphatic heterocycles. The Kier molecular flexibility index (Phi) is 6.09. The maximum Gasteiger partial charge on any atom is 0.245 e. The molecule has 2 heterocycles. The summed E-state index contributed by atoms with van der Waals surface area (Å²) < 4.78 is 0. The van der Waals surface area contributed by atoms with Crippen LogP contribution in [-0.2, 0) is 9.59 Å². The Morgan fingerprint density at radius 1 is 1.12 bits per heavy atom. The molecule has 2 fully saturated rings. The summed E-state index contributed by atoms with van der Waals surface area (Å²) in [7, 11) is 0. The summed E-state index contributed by atoms with van der Waals surface area (Å²) in [5, 5.41) is 9.96. The first-order chi connectivity index (χ1) is 12.6. The summed E-state index contributed by atoms with van der Waals surface area (Å²) in [6, 6.07) is 9.58. The van der Waals surface area contributed by atoms with Gasteiger partial charge in [-0.15, -0.1) is 0 Å². The largest absolute Gasteiger partial charge is 0.391 e. The number of aliphatic hydroxyl groups excluding tert-OH is 1. The van der Waals surface area contributed by atoms with Crippen molar-refractivity contribution in [3.05, 3.63) is 42.0 Å². The lowest BCUT2D eigenvalue weighted by atomic mass is 10.1. The molecule has 2 aliphatic rings. The second-order valence-corrected chi connectivity index (χ2v) is 7.29. The standard InChI is InChI=1S/C21H28N2O3/c1-16(24)23-15-19(25)14-20(23)21(26)22-13-7-3-6-10-18(22)12-11-17-8-4-2-5-9-17/h2,4-5,8-9,11-12,18-20,25H,3,6-7,10,13-15H2,1H3/b12-11+/t18?,19-,20+/m0/s1. The summed E-state index contributed by atoms with van der Waals surface area (Å²) in [6.07, 6.45) is 8.04. The first kappa shape index (κ1) is 18.6. The molecule has 2 amide bonds. The van der Waals surface area contributed by atoms with Crippen molar-refractivity contribution in [1.82, 2.24) is 9.80 Å². The van der Waals surface area contributed by atoms with Crippen molar-refractivity contribution >= 4 is 17.9 Å². The lowest BCUT2D eigenvalue weighted by molar-refractivity contribution is -0.143. The van der Waals surface area contributed by atoms with Gasteiger partial charge in [-0.2, -0.15) is 0 Å². The van der Waals surface area contributed by atoms with Crippen molar-refractivity contribution in [2.24, 2.45) is 0 Å². The molecule has 0 bridgehead atoms. The molecular weight excluding hydrogens is 328 g/mol. The molecule has 5 nitrogen and oxygen atoms in total. The lowest BCUT2D eigenvalue weighted by Gasteiger charge is -2.33. The fourth-order valence-corrected chi connectivity index (χ4v) is 3.98. The first-order valence-corrected chi connectivity index (χ1v) is 9.55. The predicted molar refractivity (Wildman–Crippen MR) is 101 cm³/mol. The molecule has 1 N–H and O–H groups in total. The van der Waals surface area contributed by atoms with E-state index in [0.29, 0.717) is 13.0 Å². The van der Waals surface area contributed by atoms with E-state index >= 15 is 0 Å². The Morgan fingerprint density at radius 3 is 2.62 bits per heavy atom. The highest BCUT2D eigenvalue weighted by atomic mass is 16.3. The fourth-order valence-electron chi connectivity index (χ4n) is 3.98. The number of hydrogen-bond donors (Lipinski definition) is 1. The van der Waals surface area contributed by atoms with Crippen LogP contribution in [0.15, 0.2) is 36.4 Å². The van der Waals surface area contributed by atoms with Gasteiger partial charge in [-0.25, -0.2) is 0 Å². The van der Waals surface area contributed by atoms with Crippen molar-refractivity contribution in [2.45, 2.75) is 57.2 Å². The first-order valence-electron chi connectivity index (χ1n) is 9.55. The third-order valence-electron chi connectivity index (χ3n) is 5.36. The molecule has 3 atom stereocenters. The number of benzene rings is 1. The smallest absolute Gasteiger partial charge is 0.245 e. The highest BCUT2D eigenvalue weighted by Crippen LogP contribution is 2.25. The average molecular weight is 356 g/mol. The van der Waals surface area contributed by atoms with Crippen LogP contribution in [0, 0.1) is 0 Å². The van der Waals surface area contributed by atoms with Crippen LogP contribution in [0.25, 0.3) is 6.08 Å². The number of hydrogen-bond acceptors (Lipinski definition) is 3. The van der Waals surface area contributed by atoms with E-state index in [1.807, 2.05) is 35.2 Å². The number of carbonyl (C=O) groups is 2. The van der Waals surface area contributed by atoms with Crippen molar-refractivity contribution in [3.63, 3.8) is 0 Å². The van der Waals surface area contributed by atoms with Gasteiger partial charge in [0.05, 0.1) is 12.1 Å². The Labute approximate surface area is 155 Å². The summed E-state index contributed by atoms with van der Waals surface area (Å²) in [5.41, 5.74) is 1.12. The van der Waals surface area contributed by atoms with E-state index < -0.39 is 12.1 Å². The third-order valence-corrected chi connectivity index (χ3v) is 5.36. The molecule has 140 valence electrons. The van der Waals surface area contributed by atoms with E-state index in [-0.39, 0.29) is 24.4 Å². The number of β-amino-alcohol motifs (C(OH)–C–C–N with tert-alkyl or cyclic N) is 1. The maximum atomic E-state index is 13.2. The number of likely N-dealkylation sites (tertiary alicyclic amines) is 2. The molecule has 3 rings (SSSR count). The van der Waals surface area contributed by atoms with Crippen molar-refractivity contribution < 1.29 is 14.7 Å². The highest BCUT2D eigenvalue weighted by molar-refractivity contribution is 5.88. The number of aliphatic hydroxyl groups is 1. The monoisotopic (exact) mass is 356 g/mol. The molecular formula is C21H28N2O3. The van der Waals surface area contributed by atoms with E-state index in [4.69, 9.17) is 0 Å². The minimum Gasteiger partial charge on any atom is -0.391 e. The maximum absolute atomic E-state index is 13.2. The summed E-state index contributed by atoms with van der Waals surface area (Å²) in [6.45, 7) is 2.43. The number of carbonyl (C=O) groups excluding carboxylic acids is 2. The number of nitrogens with zero attached hydrogens (tertiary/aromatic N) is 2. The van der Waals surface area contributed by atoms with Crippen molar-refractivity contribution in [2.75, 3.05) is 13.1 Å². The molecule has 1 aromatic rings. The van der Waals surface area contributed by atoms with Gasteiger partial charge in [-0.05, 0) is 18.4 Å². The van der Waals surface area contributed by atoms with Crippen LogP contribution in [0.3, 0.4) is 0 Å². The molecule has 5 heteroatoms. The lowest BCUT2D eigenvalue weighted by Crippen LogP contribution is -2.50. The van der Waals surface area contributed by atoms with Gasteiger partial charge in [-0.1, -0.05) is 55.3 Å². The van der Waals surface area contributed by atoms with Crippen LogP contribution in [-0.4, -0.2) is 58.0 Å². The van der Waals surface area contributed by atoms with Crippen molar-refractivity contribution in [1.29, 1.82) is 0 Å². The minimum absolute atomic E-state index is 0.0265. The quantitative estimate of drug-likeness (QED) is 0.905. The van der Waals surface area contributed by atoms with Crippen LogP contribution in [0.5, 0.6) is 0 Å². The van der Waals surface area contributed by atoms with Gasteiger partial charge in [0, 0.05) is 26.4 Å². The van der Waals surface area contributed by atoms with Crippen LogP contribution in [0.2, 0.25) is 0 Å².